The van der Waals surface area contributed by atoms with Gasteiger partial charge in [0.05, 0.1) is 10.6 Å². The molecule has 0 aliphatic carbocycles. The highest BCUT2D eigenvalue weighted by atomic mass is 32.2. The van der Waals surface area contributed by atoms with E-state index in [1.807, 2.05) is 46.0 Å². The van der Waals surface area contributed by atoms with Gasteiger partial charge in [-0.15, -0.1) is 0 Å². The van der Waals surface area contributed by atoms with Gasteiger partial charge in [-0.3, -0.25) is 9.10 Å². The van der Waals surface area contributed by atoms with E-state index in [1.54, 1.807) is 29.2 Å². The molecule has 29 heavy (non-hydrogen) atoms. The highest BCUT2D eigenvalue weighted by molar-refractivity contribution is 7.92. The van der Waals surface area contributed by atoms with E-state index in [9.17, 15) is 13.2 Å². The van der Waals surface area contributed by atoms with Crippen LogP contribution in [-0.2, 0) is 14.8 Å². The normalized spacial score (nSPS) is 15.4. The van der Waals surface area contributed by atoms with Gasteiger partial charge in [-0.25, -0.2) is 8.42 Å². The molecule has 1 aliphatic heterocycles. The van der Waals surface area contributed by atoms with E-state index in [4.69, 9.17) is 0 Å². The van der Waals surface area contributed by atoms with Crippen LogP contribution in [-0.4, -0.2) is 63.9 Å². The van der Waals surface area contributed by atoms with E-state index in [0.29, 0.717) is 18.8 Å². The van der Waals surface area contributed by atoms with Gasteiger partial charge in [-0.05, 0) is 57.1 Å². The van der Waals surface area contributed by atoms with Crippen LogP contribution in [0.15, 0.2) is 47.4 Å². The smallest absolute Gasteiger partial charge is 0.264 e. The summed E-state index contributed by atoms with van der Waals surface area (Å²) in [5.74, 6) is -0.172. The summed E-state index contributed by atoms with van der Waals surface area (Å²) < 4.78 is 28.3. The van der Waals surface area contributed by atoms with Crippen LogP contribution in [0.2, 0.25) is 0 Å². The summed E-state index contributed by atoms with van der Waals surface area (Å²) in [6.07, 6.45) is 0. The summed E-state index contributed by atoms with van der Waals surface area (Å²) in [6, 6.07) is 12.4. The second-order valence-electron chi connectivity index (χ2n) is 7.80. The molecular weight excluding hydrogens is 386 g/mol. The fourth-order valence-electron chi connectivity index (χ4n) is 3.40. The predicted octanol–water partition coefficient (Wildman–Crippen LogP) is 2.58. The Labute approximate surface area is 173 Å². The Morgan fingerprint density at radius 2 is 1.52 bits per heavy atom. The summed E-state index contributed by atoms with van der Waals surface area (Å²) in [5, 5.41) is 0. The lowest BCUT2D eigenvalue weighted by atomic mass is 10.1. The third-order valence-electron chi connectivity index (χ3n) is 5.38. The standard InChI is InChI=1S/C22H29N3O3S/c1-17-6-9-20(10-7-17)29(27,28)25(21-15-18(2)5-8-19(21)3)16-22(26)24-13-11-23(4)12-14-24/h5-10,15H,11-14,16H2,1-4H3. The summed E-state index contributed by atoms with van der Waals surface area (Å²) in [4.78, 5) is 17.1. The van der Waals surface area contributed by atoms with Crippen LogP contribution in [0.3, 0.4) is 0 Å². The highest BCUT2D eigenvalue weighted by Gasteiger charge is 2.30. The molecule has 0 atom stereocenters. The Kier molecular flexibility index (Phi) is 6.29. The number of carbonyl (C=O) groups excluding carboxylic acids is 1. The first-order chi connectivity index (χ1) is 13.7. The maximum Gasteiger partial charge on any atom is 0.264 e. The number of rotatable bonds is 5. The number of benzene rings is 2. The third kappa shape index (κ3) is 4.79. The van der Waals surface area contributed by atoms with E-state index in [-0.39, 0.29) is 17.3 Å². The SMILES string of the molecule is Cc1ccc(S(=O)(=O)N(CC(=O)N2CCN(C)CC2)c2cc(C)ccc2C)cc1. The minimum atomic E-state index is -3.88. The van der Waals surface area contributed by atoms with Crippen LogP contribution in [0.1, 0.15) is 16.7 Å². The van der Waals surface area contributed by atoms with Gasteiger partial charge in [0, 0.05) is 26.2 Å². The first-order valence-corrected chi connectivity index (χ1v) is 11.3. The van der Waals surface area contributed by atoms with Crippen molar-refractivity contribution in [3.05, 3.63) is 59.2 Å². The first kappa shape index (κ1) is 21.3. The number of amides is 1. The number of piperazine rings is 1. The Morgan fingerprint density at radius 1 is 0.931 bits per heavy atom. The number of nitrogens with zero attached hydrogens (tertiary/aromatic N) is 3. The van der Waals surface area contributed by atoms with E-state index in [1.165, 1.54) is 4.31 Å². The molecule has 0 aromatic heterocycles. The van der Waals surface area contributed by atoms with Crippen molar-refractivity contribution in [2.45, 2.75) is 25.7 Å². The summed E-state index contributed by atoms with van der Waals surface area (Å²) in [7, 11) is -1.86. The molecule has 1 saturated heterocycles. The average Bonchev–Trinajstić information content (AvgIpc) is 2.68. The number of carbonyl (C=O) groups is 1. The molecule has 1 heterocycles. The molecule has 1 fully saturated rings. The van der Waals surface area contributed by atoms with Gasteiger partial charge in [-0.2, -0.15) is 0 Å². The molecule has 3 rings (SSSR count). The summed E-state index contributed by atoms with van der Waals surface area (Å²) >= 11 is 0. The Hall–Kier alpha value is -2.38. The minimum Gasteiger partial charge on any atom is -0.339 e. The van der Waals surface area contributed by atoms with Crippen molar-refractivity contribution in [1.29, 1.82) is 0 Å². The molecule has 0 bridgehead atoms. The number of hydrogen-bond acceptors (Lipinski definition) is 4. The van der Waals surface area contributed by atoms with Crippen molar-refractivity contribution in [2.75, 3.05) is 44.1 Å². The van der Waals surface area contributed by atoms with Crippen molar-refractivity contribution in [3.8, 4) is 0 Å². The molecule has 1 aliphatic rings. The number of likely N-dealkylation sites (N-methyl/N-ethyl adjacent to an activating group) is 1. The molecular formula is C22H29N3O3S. The van der Waals surface area contributed by atoms with Crippen molar-refractivity contribution < 1.29 is 13.2 Å². The number of aryl methyl sites for hydroxylation is 3. The lowest BCUT2D eigenvalue weighted by molar-refractivity contribution is -0.131. The van der Waals surface area contributed by atoms with E-state index >= 15 is 0 Å². The molecule has 7 heteroatoms. The van der Waals surface area contributed by atoms with E-state index in [0.717, 1.165) is 29.8 Å². The third-order valence-corrected chi connectivity index (χ3v) is 7.15. The maximum atomic E-state index is 13.5. The van der Waals surface area contributed by atoms with Crippen LogP contribution in [0, 0.1) is 20.8 Å². The van der Waals surface area contributed by atoms with Gasteiger partial charge in [0.15, 0.2) is 0 Å². The molecule has 156 valence electrons. The lowest BCUT2D eigenvalue weighted by Gasteiger charge is -2.34. The first-order valence-electron chi connectivity index (χ1n) is 9.81. The zero-order valence-corrected chi connectivity index (χ0v) is 18.4. The fourth-order valence-corrected chi connectivity index (χ4v) is 4.87. The second-order valence-corrected chi connectivity index (χ2v) is 9.66. The molecule has 2 aromatic rings. The molecule has 1 amide bonds. The van der Waals surface area contributed by atoms with Crippen molar-refractivity contribution >= 4 is 21.6 Å². The van der Waals surface area contributed by atoms with E-state index in [2.05, 4.69) is 4.90 Å². The van der Waals surface area contributed by atoms with Crippen molar-refractivity contribution in [2.24, 2.45) is 0 Å². The van der Waals surface area contributed by atoms with Gasteiger partial charge < -0.3 is 9.80 Å². The van der Waals surface area contributed by atoms with Gasteiger partial charge in [0.2, 0.25) is 5.91 Å². The van der Waals surface area contributed by atoms with Crippen LogP contribution in [0.4, 0.5) is 5.69 Å². The Balaban J connectivity index is 1.99. The van der Waals surface area contributed by atoms with Gasteiger partial charge in [0.1, 0.15) is 6.54 Å². The zero-order valence-electron chi connectivity index (χ0n) is 17.6. The van der Waals surface area contributed by atoms with Gasteiger partial charge in [-0.1, -0.05) is 29.8 Å². The molecule has 0 N–H and O–H groups in total. The Bertz CT molecular complexity index is 979. The monoisotopic (exact) mass is 415 g/mol. The fraction of sp³-hybridized carbons (Fsp3) is 0.409. The average molecular weight is 416 g/mol. The zero-order chi connectivity index (χ0) is 21.2. The topological polar surface area (TPSA) is 60.9 Å². The van der Waals surface area contributed by atoms with Crippen LogP contribution in [0.5, 0.6) is 0 Å². The molecule has 2 aromatic carbocycles. The maximum absolute atomic E-state index is 13.5. The molecule has 0 saturated carbocycles. The van der Waals surface area contributed by atoms with Crippen LogP contribution in [0.25, 0.3) is 0 Å². The number of hydrogen-bond donors (Lipinski definition) is 0. The lowest BCUT2D eigenvalue weighted by Crippen LogP contribution is -2.51. The van der Waals surface area contributed by atoms with E-state index < -0.39 is 10.0 Å². The Morgan fingerprint density at radius 3 is 2.14 bits per heavy atom. The van der Waals surface area contributed by atoms with Gasteiger partial charge in [0.25, 0.3) is 10.0 Å². The second kappa shape index (κ2) is 8.55. The quantitative estimate of drug-likeness (QED) is 0.753. The summed E-state index contributed by atoms with van der Waals surface area (Å²) in [5.41, 5.74) is 3.29. The summed E-state index contributed by atoms with van der Waals surface area (Å²) in [6.45, 7) is 8.30. The number of anilines is 1. The molecule has 0 spiro atoms. The largest absolute Gasteiger partial charge is 0.339 e. The predicted molar refractivity (Wildman–Crippen MR) is 116 cm³/mol. The van der Waals surface area contributed by atoms with Crippen LogP contribution < -0.4 is 4.31 Å². The number of sulfonamides is 1. The molecule has 6 nitrogen and oxygen atoms in total. The molecule has 0 unspecified atom stereocenters. The van der Waals surface area contributed by atoms with Crippen molar-refractivity contribution in [1.82, 2.24) is 9.80 Å². The molecule has 0 radical (unpaired) electrons. The van der Waals surface area contributed by atoms with Crippen molar-refractivity contribution in [3.63, 3.8) is 0 Å². The highest BCUT2D eigenvalue weighted by Crippen LogP contribution is 2.28. The minimum absolute atomic E-state index is 0.172. The van der Waals surface area contributed by atoms with Gasteiger partial charge >= 0.3 is 0 Å². The van der Waals surface area contributed by atoms with Crippen LogP contribution >= 0.6 is 0 Å².